The molecule has 172 valence electrons. The van der Waals surface area contributed by atoms with Gasteiger partial charge in [-0.2, -0.15) is 0 Å². The summed E-state index contributed by atoms with van der Waals surface area (Å²) in [6, 6.07) is 17.3. The van der Waals surface area contributed by atoms with Crippen molar-refractivity contribution in [3.05, 3.63) is 70.6 Å². The maximum atomic E-state index is 12.5. The third-order valence-electron chi connectivity index (χ3n) is 4.67. The quantitative estimate of drug-likeness (QED) is 0.441. The van der Waals surface area contributed by atoms with Crippen molar-refractivity contribution in [2.24, 2.45) is 0 Å². The summed E-state index contributed by atoms with van der Waals surface area (Å²) in [5, 5.41) is 2.89. The molecule has 0 aliphatic rings. The van der Waals surface area contributed by atoms with Crippen LogP contribution in [0.1, 0.15) is 39.4 Å². The minimum atomic E-state index is -0.616. The highest BCUT2D eigenvalue weighted by Gasteiger charge is 2.27. The SMILES string of the molecule is CCOC(=O)c1sc(NC(=O)COc2ccc(-c3ccccc3)cc2)c(C(=O)OCC)c1C. The first-order chi connectivity index (χ1) is 15.9. The number of anilines is 1. The summed E-state index contributed by atoms with van der Waals surface area (Å²) in [7, 11) is 0. The van der Waals surface area contributed by atoms with Crippen LogP contribution in [0.15, 0.2) is 54.6 Å². The molecule has 0 atom stereocenters. The van der Waals surface area contributed by atoms with Crippen molar-refractivity contribution in [2.75, 3.05) is 25.1 Å². The van der Waals surface area contributed by atoms with Gasteiger partial charge in [0.25, 0.3) is 5.91 Å². The van der Waals surface area contributed by atoms with E-state index in [1.807, 2.05) is 42.5 Å². The summed E-state index contributed by atoms with van der Waals surface area (Å²) in [4.78, 5) is 37.4. The number of esters is 2. The van der Waals surface area contributed by atoms with Crippen molar-refractivity contribution in [1.29, 1.82) is 0 Å². The van der Waals surface area contributed by atoms with E-state index >= 15 is 0 Å². The fraction of sp³-hybridized carbons (Fsp3) is 0.240. The van der Waals surface area contributed by atoms with Gasteiger partial charge in [-0.15, -0.1) is 11.3 Å². The number of nitrogens with one attached hydrogen (secondary N) is 1. The molecule has 8 heteroatoms. The van der Waals surface area contributed by atoms with Crippen molar-refractivity contribution in [3.8, 4) is 16.9 Å². The zero-order valence-electron chi connectivity index (χ0n) is 18.7. The molecule has 1 N–H and O–H groups in total. The Morgan fingerprint density at radius 2 is 1.45 bits per heavy atom. The van der Waals surface area contributed by atoms with Gasteiger partial charge in [-0.3, -0.25) is 4.79 Å². The smallest absolute Gasteiger partial charge is 0.348 e. The first kappa shape index (κ1) is 24.0. The number of carbonyl (C=O) groups is 3. The topological polar surface area (TPSA) is 90.9 Å². The van der Waals surface area contributed by atoms with Crippen LogP contribution in [0.25, 0.3) is 11.1 Å². The lowest BCUT2D eigenvalue weighted by atomic mass is 10.1. The molecule has 0 saturated carbocycles. The molecule has 1 heterocycles. The number of carbonyl (C=O) groups excluding carboxylic acids is 3. The molecule has 0 saturated heterocycles. The van der Waals surface area contributed by atoms with E-state index in [-0.39, 0.29) is 35.3 Å². The van der Waals surface area contributed by atoms with E-state index in [2.05, 4.69) is 5.32 Å². The van der Waals surface area contributed by atoms with Gasteiger partial charge < -0.3 is 19.5 Å². The number of ether oxygens (including phenoxy) is 3. The van der Waals surface area contributed by atoms with E-state index in [0.717, 1.165) is 22.5 Å². The molecule has 7 nitrogen and oxygen atoms in total. The van der Waals surface area contributed by atoms with Crippen LogP contribution < -0.4 is 10.1 Å². The summed E-state index contributed by atoms with van der Waals surface area (Å²) >= 11 is 0.975. The van der Waals surface area contributed by atoms with Crippen LogP contribution in [0.5, 0.6) is 5.75 Å². The number of rotatable bonds is 9. The van der Waals surface area contributed by atoms with Gasteiger partial charge >= 0.3 is 11.9 Å². The lowest BCUT2D eigenvalue weighted by molar-refractivity contribution is -0.118. The molecular weight excluding hydrogens is 442 g/mol. The normalized spacial score (nSPS) is 10.4. The third kappa shape index (κ3) is 5.98. The van der Waals surface area contributed by atoms with E-state index in [1.165, 1.54) is 0 Å². The van der Waals surface area contributed by atoms with Crippen LogP contribution in [-0.4, -0.2) is 37.7 Å². The van der Waals surface area contributed by atoms with Crippen LogP contribution in [0.2, 0.25) is 0 Å². The first-order valence-corrected chi connectivity index (χ1v) is 11.3. The minimum absolute atomic E-state index is 0.144. The van der Waals surface area contributed by atoms with Crippen molar-refractivity contribution in [2.45, 2.75) is 20.8 Å². The highest BCUT2D eigenvalue weighted by molar-refractivity contribution is 7.18. The Labute approximate surface area is 196 Å². The molecule has 0 aliphatic carbocycles. The fourth-order valence-electron chi connectivity index (χ4n) is 3.13. The summed E-state index contributed by atoms with van der Waals surface area (Å²) in [5.41, 5.74) is 2.67. The van der Waals surface area contributed by atoms with Crippen molar-refractivity contribution >= 4 is 34.2 Å². The summed E-state index contributed by atoms with van der Waals surface area (Å²) in [6.07, 6.45) is 0. The Balaban J connectivity index is 1.69. The molecule has 1 amide bonds. The molecule has 1 aromatic heterocycles. The first-order valence-electron chi connectivity index (χ1n) is 10.5. The van der Waals surface area contributed by atoms with Crippen LogP contribution in [-0.2, 0) is 14.3 Å². The van der Waals surface area contributed by atoms with Gasteiger partial charge in [0.2, 0.25) is 0 Å². The number of benzene rings is 2. The van der Waals surface area contributed by atoms with Crippen LogP contribution in [0, 0.1) is 6.92 Å². The second-order valence-corrected chi connectivity index (χ2v) is 7.95. The number of hydrogen-bond acceptors (Lipinski definition) is 7. The maximum Gasteiger partial charge on any atom is 0.348 e. The van der Waals surface area contributed by atoms with Gasteiger partial charge in [0.05, 0.1) is 18.8 Å². The summed E-state index contributed by atoms with van der Waals surface area (Å²) in [6.45, 7) is 5.09. The number of hydrogen-bond donors (Lipinski definition) is 1. The summed E-state index contributed by atoms with van der Waals surface area (Å²) in [5.74, 6) is -1.11. The Morgan fingerprint density at radius 3 is 2.09 bits per heavy atom. The molecule has 3 aromatic rings. The average Bonchev–Trinajstić information content (AvgIpc) is 3.14. The van der Waals surface area contributed by atoms with Gasteiger partial charge in [-0.25, -0.2) is 9.59 Å². The average molecular weight is 468 g/mol. The van der Waals surface area contributed by atoms with Crippen LogP contribution in [0.3, 0.4) is 0 Å². The molecule has 33 heavy (non-hydrogen) atoms. The van der Waals surface area contributed by atoms with Gasteiger partial charge in [-0.1, -0.05) is 42.5 Å². The van der Waals surface area contributed by atoms with E-state index in [9.17, 15) is 14.4 Å². The predicted molar refractivity (Wildman–Crippen MR) is 127 cm³/mol. The Bertz CT molecular complexity index is 1120. The molecule has 0 fully saturated rings. The largest absolute Gasteiger partial charge is 0.484 e. The fourth-order valence-corrected chi connectivity index (χ4v) is 4.23. The summed E-state index contributed by atoms with van der Waals surface area (Å²) < 4.78 is 15.7. The lowest BCUT2D eigenvalue weighted by Gasteiger charge is -2.09. The second-order valence-electron chi connectivity index (χ2n) is 6.93. The Morgan fingerprint density at radius 1 is 0.848 bits per heavy atom. The number of amides is 1. The molecule has 0 unspecified atom stereocenters. The molecular formula is C25H25NO6S. The standard InChI is InChI=1S/C25H25NO6S/c1-4-30-24(28)21-16(3)22(25(29)31-5-2)33-23(21)26-20(27)15-32-19-13-11-18(12-14-19)17-9-7-6-8-10-17/h6-14H,4-5,15H2,1-3H3,(H,26,27). The van der Waals surface area contributed by atoms with E-state index in [1.54, 1.807) is 32.9 Å². The van der Waals surface area contributed by atoms with E-state index in [4.69, 9.17) is 14.2 Å². The highest BCUT2D eigenvalue weighted by Crippen LogP contribution is 2.34. The molecule has 0 spiro atoms. The van der Waals surface area contributed by atoms with Crippen molar-refractivity contribution in [3.63, 3.8) is 0 Å². The zero-order valence-corrected chi connectivity index (χ0v) is 19.5. The number of thiophene rings is 1. The monoisotopic (exact) mass is 467 g/mol. The van der Waals surface area contributed by atoms with Crippen LogP contribution in [0.4, 0.5) is 5.00 Å². The van der Waals surface area contributed by atoms with Crippen molar-refractivity contribution in [1.82, 2.24) is 0 Å². The molecule has 3 rings (SSSR count). The van der Waals surface area contributed by atoms with Gasteiger partial charge in [0.1, 0.15) is 15.6 Å². The lowest BCUT2D eigenvalue weighted by Crippen LogP contribution is -2.21. The second kappa shape index (κ2) is 11.3. The van der Waals surface area contributed by atoms with Crippen molar-refractivity contribution < 1.29 is 28.6 Å². The highest BCUT2D eigenvalue weighted by atomic mass is 32.1. The molecule has 2 aromatic carbocycles. The Hall–Kier alpha value is -3.65. The van der Waals surface area contributed by atoms with Gasteiger partial charge in [-0.05, 0) is 49.6 Å². The third-order valence-corrected chi connectivity index (χ3v) is 5.86. The van der Waals surface area contributed by atoms with Gasteiger partial charge in [0.15, 0.2) is 6.61 Å². The molecule has 0 aliphatic heterocycles. The molecule has 0 radical (unpaired) electrons. The van der Waals surface area contributed by atoms with E-state index < -0.39 is 17.8 Å². The van der Waals surface area contributed by atoms with Gasteiger partial charge in [0, 0.05) is 0 Å². The van der Waals surface area contributed by atoms with E-state index in [0.29, 0.717) is 11.3 Å². The molecule has 0 bridgehead atoms. The minimum Gasteiger partial charge on any atom is -0.484 e. The Kier molecular flexibility index (Phi) is 8.21. The maximum absolute atomic E-state index is 12.5. The predicted octanol–water partition coefficient (Wildman–Crippen LogP) is 5.09. The zero-order chi connectivity index (χ0) is 23.8. The van der Waals surface area contributed by atoms with Crippen LogP contribution >= 0.6 is 11.3 Å².